The number of nitrogens with zero attached hydrogens (tertiary/aromatic N) is 1. The van der Waals surface area contributed by atoms with Crippen LogP contribution in [0.1, 0.15) is 39.2 Å². The van der Waals surface area contributed by atoms with E-state index in [1.807, 2.05) is 37.4 Å². The van der Waals surface area contributed by atoms with E-state index in [1.165, 1.54) is 18.4 Å². The van der Waals surface area contributed by atoms with E-state index in [0.29, 0.717) is 24.4 Å². The number of ether oxygens (including phenoxy) is 2. The summed E-state index contributed by atoms with van der Waals surface area (Å²) >= 11 is 1.39. The van der Waals surface area contributed by atoms with Gasteiger partial charge < -0.3 is 14.4 Å². The highest BCUT2D eigenvalue weighted by Gasteiger charge is 2.35. The Bertz CT molecular complexity index is 814. The Labute approximate surface area is 157 Å². The van der Waals surface area contributed by atoms with E-state index in [0.717, 1.165) is 28.9 Å². The van der Waals surface area contributed by atoms with Gasteiger partial charge in [0.2, 0.25) is 0 Å². The molecule has 1 aromatic carbocycles. The summed E-state index contributed by atoms with van der Waals surface area (Å²) in [4.78, 5) is 26.8. The van der Waals surface area contributed by atoms with Gasteiger partial charge in [0.05, 0.1) is 12.0 Å². The molecule has 0 radical (unpaired) electrons. The number of thiophene rings is 1. The maximum atomic E-state index is 12.8. The van der Waals surface area contributed by atoms with Crippen LogP contribution >= 0.6 is 11.3 Å². The minimum Gasteiger partial charge on any atom is -0.489 e. The molecule has 1 unspecified atom stereocenters. The van der Waals surface area contributed by atoms with Crippen LogP contribution in [0.4, 0.5) is 0 Å². The van der Waals surface area contributed by atoms with Crippen LogP contribution in [0.25, 0.3) is 0 Å². The number of carbonyl (C=O) groups is 2. The number of rotatable bonds is 5. The van der Waals surface area contributed by atoms with E-state index in [1.54, 1.807) is 4.90 Å². The molecule has 1 fully saturated rings. The maximum absolute atomic E-state index is 12.8. The fourth-order valence-corrected chi connectivity index (χ4v) is 3.97. The number of methoxy groups -OCH3 is 1. The number of esters is 1. The Kier molecular flexibility index (Phi) is 5.61. The van der Waals surface area contributed by atoms with Gasteiger partial charge in [-0.15, -0.1) is 11.3 Å². The summed E-state index contributed by atoms with van der Waals surface area (Å²) in [5, 5.41) is 1.93. The summed E-state index contributed by atoms with van der Waals surface area (Å²) in [5.41, 5.74) is 3.18. The largest absolute Gasteiger partial charge is 0.489 e. The van der Waals surface area contributed by atoms with Gasteiger partial charge in [0.1, 0.15) is 18.4 Å². The number of benzene rings is 1. The molecule has 6 heteroatoms. The van der Waals surface area contributed by atoms with E-state index < -0.39 is 6.04 Å². The second-order valence-electron chi connectivity index (χ2n) is 6.56. The fraction of sp³-hybridized carbons (Fsp3) is 0.400. The highest BCUT2D eigenvalue weighted by molar-refractivity contribution is 7.12. The Morgan fingerprint density at radius 2 is 2.08 bits per heavy atom. The van der Waals surface area contributed by atoms with Crippen LogP contribution < -0.4 is 4.74 Å². The molecular weight excluding hydrogens is 350 g/mol. The molecule has 1 aliphatic heterocycles. The number of amides is 1. The van der Waals surface area contributed by atoms with E-state index in [4.69, 9.17) is 9.47 Å². The molecular formula is C20H23NO4S. The number of aryl methyl sites for hydroxylation is 2. The summed E-state index contributed by atoms with van der Waals surface area (Å²) < 4.78 is 10.7. The molecule has 2 heterocycles. The zero-order chi connectivity index (χ0) is 18.7. The van der Waals surface area contributed by atoms with Crippen molar-refractivity contribution in [3.05, 3.63) is 51.2 Å². The average molecular weight is 373 g/mol. The zero-order valence-electron chi connectivity index (χ0n) is 15.3. The maximum Gasteiger partial charge on any atom is 0.328 e. The van der Waals surface area contributed by atoms with Crippen molar-refractivity contribution in [2.24, 2.45) is 0 Å². The second kappa shape index (κ2) is 7.91. The molecule has 0 bridgehead atoms. The van der Waals surface area contributed by atoms with Crippen LogP contribution in [-0.4, -0.2) is 36.5 Å². The predicted octanol–water partition coefficient (Wildman–Crippen LogP) is 3.72. The summed E-state index contributed by atoms with van der Waals surface area (Å²) in [6.07, 6.45) is 1.48. The molecule has 2 aromatic rings. The van der Waals surface area contributed by atoms with Crippen molar-refractivity contribution in [1.82, 2.24) is 4.90 Å². The SMILES string of the molecule is COC(=O)C1CCCN1C(=O)c1cc(COc2cc(C)ccc2C)cs1. The van der Waals surface area contributed by atoms with Gasteiger partial charge in [0.15, 0.2) is 0 Å². The van der Waals surface area contributed by atoms with E-state index in [2.05, 4.69) is 6.07 Å². The Morgan fingerprint density at radius 3 is 2.85 bits per heavy atom. The molecule has 0 spiro atoms. The van der Waals surface area contributed by atoms with E-state index in [-0.39, 0.29) is 11.9 Å². The highest BCUT2D eigenvalue weighted by atomic mass is 32.1. The van der Waals surface area contributed by atoms with Gasteiger partial charge in [-0.3, -0.25) is 4.79 Å². The number of hydrogen-bond donors (Lipinski definition) is 0. The third-order valence-electron chi connectivity index (χ3n) is 4.59. The molecule has 26 heavy (non-hydrogen) atoms. The molecule has 1 aromatic heterocycles. The predicted molar refractivity (Wildman–Crippen MR) is 101 cm³/mol. The Morgan fingerprint density at radius 1 is 1.27 bits per heavy atom. The molecule has 138 valence electrons. The van der Waals surface area contributed by atoms with Crippen molar-refractivity contribution < 1.29 is 19.1 Å². The van der Waals surface area contributed by atoms with Crippen LogP contribution in [0.2, 0.25) is 0 Å². The summed E-state index contributed by atoms with van der Waals surface area (Å²) in [7, 11) is 1.36. The molecule has 1 atom stereocenters. The first-order valence-electron chi connectivity index (χ1n) is 8.66. The van der Waals surface area contributed by atoms with Gasteiger partial charge in [-0.25, -0.2) is 4.79 Å². The van der Waals surface area contributed by atoms with Crippen LogP contribution in [0, 0.1) is 13.8 Å². The fourth-order valence-electron chi connectivity index (χ4n) is 3.12. The molecule has 3 rings (SSSR count). The molecule has 1 aliphatic rings. The normalized spacial score (nSPS) is 16.6. The van der Waals surface area contributed by atoms with E-state index >= 15 is 0 Å². The topological polar surface area (TPSA) is 55.8 Å². The van der Waals surface area contributed by atoms with Gasteiger partial charge in [0, 0.05) is 12.1 Å². The van der Waals surface area contributed by atoms with Crippen molar-refractivity contribution in [3.8, 4) is 5.75 Å². The van der Waals surface area contributed by atoms with Crippen LogP contribution in [0.3, 0.4) is 0 Å². The van der Waals surface area contributed by atoms with Crippen LogP contribution in [0.15, 0.2) is 29.6 Å². The van der Waals surface area contributed by atoms with Crippen LogP contribution in [-0.2, 0) is 16.1 Å². The lowest BCUT2D eigenvalue weighted by Gasteiger charge is -2.21. The number of carbonyl (C=O) groups excluding carboxylic acids is 2. The van der Waals surface area contributed by atoms with Crippen molar-refractivity contribution in [2.75, 3.05) is 13.7 Å². The quantitative estimate of drug-likeness (QED) is 0.750. The highest BCUT2D eigenvalue weighted by Crippen LogP contribution is 2.26. The zero-order valence-corrected chi connectivity index (χ0v) is 16.1. The molecule has 1 saturated heterocycles. The second-order valence-corrected chi connectivity index (χ2v) is 7.47. The lowest BCUT2D eigenvalue weighted by Crippen LogP contribution is -2.40. The molecule has 1 amide bonds. The van der Waals surface area contributed by atoms with Crippen molar-refractivity contribution in [1.29, 1.82) is 0 Å². The monoisotopic (exact) mass is 373 g/mol. The van der Waals surface area contributed by atoms with Crippen molar-refractivity contribution in [2.45, 2.75) is 39.3 Å². The van der Waals surface area contributed by atoms with Crippen LogP contribution in [0.5, 0.6) is 5.75 Å². The molecule has 0 N–H and O–H groups in total. The van der Waals surface area contributed by atoms with Gasteiger partial charge in [-0.1, -0.05) is 12.1 Å². The standard InChI is InChI=1S/C20H23NO4S/c1-13-6-7-14(2)17(9-13)25-11-15-10-18(26-12-15)19(22)21-8-4-5-16(21)20(23)24-3/h6-7,9-10,12,16H,4-5,8,11H2,1-3H3. The average Bonchev–Trinajstić information content (AvgIpc) is 3.30. The first kappa shape index (κ1) is 18.5. The molecule has 0 aliphatic carbocycles. The Hall–Kier alpha value is -2.34. The first-order chi connectivity index (χ1) is 12.5. The molecule has 0 saturated carbocycles. The first-order valence-corrected chi connectivity index (χ1v) is 9.54. The van der Waals surface area contributed by atoms with Gasteiger partial charge in [-0.2, -0.15) is 0 Å². The minimum atomic E-state index is -0.468. The lowest BCUT2D eigenvalue weighted by molar-refractivity contribution is -0.145. The summed E-state index contributed by atoms with van der Waals surface area (Å²) in [5.74, 6) is 0.404. The third-order valence-corrected chi connectivity index (χ3v) is 5.56. The smallest absolute Gasteiger partial charge is 0.328 e. The van der Waals surface area contributed by atoms with Crippen molar-refractivity contribution >= 4 is 23.2 Å². The van der Waals surface area contributed by atoms with Gasteiger partial charge in [0.25, 0.3) is 5.91 Å². The number of hydrogen-bond acceptors (Lipinski definition) is 5. The minimum absolute atomic E-state index is 0.110. The summed E-state index contributed by atoms with van der Waals surface area (Å²) in [6.45, 7) is 5.04. The lowest BCUT2D eigenvalue weighted by atomic mass is 10.1. The molecule has 5 nitrogen and oxygen atoms in total. The van der Waals surface area contributed by atoms with Crippen molar-refractivity contribution in [3.63, 3.8) is 0 Å². The van der Waals surface area contributed by atoms with Gasteiger partial charge in [-0.05, 0) is 55.3 Å². The Balaban J connectivity index is 1.66. The number of likely N-dealkylation sites (tertiary alicyclic amines) is 1. The third kappa shape index (κ3) is 3.90. The summed E-state index contributed by atoms with van der Waals surface area (Å²) in [6, 6.07) is 7.48. The van der Waals surface area contributed by atoms with E-state index in [9.17, 15) is 9.59 Å². The van der Waals surface area contributed by atoms with Gasteiger partial charge >= 0.3 is 5.97 Å².